The maximum absolute atomic E-state index is 9.17. The first-order valence-electron chi connectivity index (χ1n) is 5.98. The highest BCUT2D eigenvalue weighted by atomic mass is 16.5. The van der Waals surface area contributed by atoms with Crippen molar-refractivity contribution in [3.05, 3.63) is 40.7 Å². The van der Waals surface area contributed by atoms with Crippen molar-refractivity contribution in [1.82, 2.24) is 9.78 Å². The molecule has 0 saturated heterocycles. The zero-order valence-corrected chi connectivity index (χ0v) is 11.3. The molecule has 2 aromatic rings. The van der Waals surface area contributed by atoms with Crippen LogP contribution in [0.15, 0.2) is 18.2 Å². The van der Waals surface area contributed by atoms with E-state index in [1.165, 1.54) is 0 Å². The van der Waals surface area contributed by atoms with Crippen molar-refractivity contribution in [2.75, 3.05) is 0 Å². The summed E-state index contributed by atoms with van der Waals surface area (Å²) in [6.45, 7) is 4.21. The number of aromatic nitrogens is 2. The molecule has 0 bridgehead atoms. The predicted octanol–water partition coefficient (Wildman–Crippen LogP) is 2.16. The van der Waals surface area contributed by atoms with Crippen LogP contribution in [0.3, 0.4) is 0 Å². The highest BCUT2D eigenvalue weighted by Gasteiger charge is 2.14. The molecule has 0 spiro atoms. The van der Waals surface area contributed by atoms with Crippen LogP contribution in [0.4, 0.5) is 0 Å². The Bertz CT molecular complexity index is 652. The Balaban J connectivity index is 2.41. The van der Waals surface area contributed by atoms with Gasteiger partial charge in [-0.15, -0.1) is 0 Å². The summed E-state index contributed by atoms with van der Waals surface area (Å²) in [6, 6.07) is 7.50. The number of hydrogen-bond acceptors (Lipinski definition) is 4. The molecule has 0 amide bonds. The van der Waals surface area contributed by atoms with Crippen molar-refractivity contribution in [3.8, 4) is 17.6 Å². The largest absolute Gasteiger partial charge is 0.452 e. The van der Waals surface area contributed by atoms with Crippen molar-refractivity contribution in [2.45, 2.75) is 20.4 Å². The minimum absolute atomic E-state index is 0.403. The summed E-state index contributed by atoms with van der Waals surface area (Å²) in [5, 5.41) is 13.5. The second-order valence-electron chi connectivity index (χ2n) is 4.37. The highest BCUT2D eigenvalue weighted by Crippen LogP contribution is 2.30. The molecule has 5 heteroatoms. The van der Waals surface area contributed by atoms with E-state index < -0.39 is 0 Å². The Kier molecular flexibility index (Phi) is 3.54. The Hall–Kier alpha value is -2.32. The number of nitriles is 1. The SMILES string of the molecule is Cc1nn(C)c(C)c1Oc1ccc(CN)cc1C#N. The molecule has 98 valence electrons. The van der Waals surface area contributed by atoms with E-state index in [1.54, 1.807) is 16.8 Å². The molecular weight excluding hydrogens is 240 g/mol. The van der Waals surface area contributed by atoms with Crippen molar-refractivity contribution < 1.29 is 4.74 Å². The maximum Gasteiger partial charge on any atom is 0.171 e. The molecule has 5 nitrogen and oxygen atoms in total. The molecule has 2 rings (SSSR count). The first-order valence-corrected chi connectivity index (χ1v) is 5.98. The third-order valence-corrected chi connectivity index (χ3v) is 3.05. The van der Waals surface area contributed by atoms with Crippen LogP contribution >= 0.6 is 0 Å². The summed E-state index contributed by atoms with van der Waals surface area (Å²) < 4.78 is 7.59. The van der Waals surface area contributed by atoms with Crippen LogP contribution < -0.4 is 10.5 Å². The molecule has 0 radical (unpaired) electrons. The molecule has 0 aliphatic rings. The van der Waals surface area contributed by atoms with Gasteiger partial charge in [0.2, 0.25) is 0 Å². The van der Waals surface area contributed by atoms with Crippen molar-refractivity contribution in [1.29, 1.82) is 5.26 Å². The van der Waals surface area contributed by atoms with Gasteiger partial charge in [-0.2, -0.15) is 10.4 Å². The fourth-order valence-electron chi connectivity index (χ4n) is 1.89. The average Bonchev–Trinajstić information content (AvgIpc) is 2.65. The maximum atomic E-state index is 9.17. The fourth-order valence-corrected chi connectivity index (χ4v) is 1.89. The Morgan fingerprint density at radius 1 is 1.42 bits per heavy atom. The number of rotatable bonds is 3. The molecule has 0 atom stereocenters. The van der Waals surface area contributed by atoms with Crippen LogP contribution in [0.5, 0.6) is 11.5 Å². The van der Waals surface area contributed by atoms with Gasteiger partial charge in [-0.05, 0) is 31.5 Å². The summed E-state index contributed by atoms with van der Waals surface area (Å²) in [5.74, 6) is 1.22. The van der Waals surface area contributed by atoms with Crippen LogP contribution in [-0.4, -0.2) is 9.78 Å². The molecule has 2 N–H and O–H groups in total. The fraction of sp³-hybridized carbons (Fsp3) is 0.286. The minimum Gasteiger partial charge on any atom is -0.452 e. The average molecular weight is 256 g/mol. The Morgan fingerprint density at radius 2 is 2.16 bits per heavy atom. The first kappa shape index (κ1) is 13.1. The summed E-state index contributed by atoms with van der Waals surface area (Å²) in [7, 11) is 1.86. The van der Waals surface area contributed by atoms with Gasteiger partial charge in [0.15, 0.2) is 5.75 Å². The molecule has 1 aromatic carbocycles. The number of ether oxygens (including phenoxy) is 1. The van der Waals surface area contributed by atoms with Gasteiger partial charge in [-0.3, -0.25) is 4.68 Å². The zero-order chi connectivity index (χ0) is 14.0. The number of aryl methyl sites for hydroxylation is 2. The molecule has 0 unspecified atom stereocenters. The van der Waals surface area contributed by atoms with Crippen molar-refractivity contribution >= 4 is 0 Å². The number of nitrogens with two attached hydrogens (primary N) is 1. The van der Waals surface area contributed by atoms with Crippen LogP contribution in [0.1, 0.15) is 22.5 Å². The van der Waals surface area contributed by atoms with Crippen LogP contribution in [-0.2, 0) is 13.6 Å². The van der Waals surface area contributed by atoms with E-state index >= 15 is 0 Å². The quantitative estimate of drug-likeness (QED) is 0.912. The van der Waals surface area contributed by atoms with Gasteiger partial charge in [-0.25, -0.2) is 0 Å². The molecule has 19 heavy (non-hydrogen) atoms. The lowest BCUT2D eigenvalue weighted by molar-refractivity contribution is 0.472. The van der Waals surface area contributed by atoms with Gasteiger partial charge in [0.1, 0.15) is 17.5 Å². The van der Waals surface area contributed by atoms with E-state index in [0.717, 1.165) is 17.0 Å². The van der Waals surface area contributed by atoms with E-state index in [9.17, 15) is 0 Å². The van der Waals surface area contributed by atoms with Gasteiger partial charge < -0.3 is 10.5 Å². The van der Waals surface area contributed by atoms with Crippen molar-refractivity contribution in [2.24, 2.45) is 12.8 Å². The van der Waals surface area contributed by atoms with Crippen molar-refractivity contribution in [3.63, 3.8) is 0 Å². The normalized spacial score (nSPS) is 10.3. The Labute approximate surface area is 112 Å². The minimum atomic E-state index is 0.403. The predicted molar refractivity (Wildman–Crippen MR) is 71.8 cm³/mol. The molecule has 1 heterocycles. The number of hydrogen-bond donors (Lipinski definition) is 1. The van der Waals surface area contributed by atoms with Gasteiger partial charge in [0.25, 0.3) is 0 Å². The lowest BCUT2D eigenvalue weighted by Crippen LogP contribution is -1.98. The number of nitrogens with zero attached hydrogens (tertiary/aromatic N) is 3. The van der Waals surface area contributed by atoms with Gasteiger partial charge >= 0.3 is 0 Å². The summed E-state index contributed by atoms with van der Waals surface area (Å²) in [5.41, 5.74) is 8.67. The first-order chi connectivity index (χ1) is 9.06. The smallest absolute Gasteiger partial charge is 0.171 e. The second kappa shape index (κ2) is 5.12. The van der Waals surface area contributed by atoms with E-state index in [2.05, 4.69) is 11.2 Å². The summed E-state index contributed by atoms with van der Waals surface area (Å²) >= 11 is 0. The van der Waals surface area contributed by atoms with E-state index in [1.807, 2.05) is 27.0 Å². The lowest BCUT2D eigenvalue weighted by atomic mass is 10.1. The highest BCUT2D eigenvalue weighted by molar-refractivity contribution is 5.48. The second-order valence-corrected chi connectivity index (χ2v) is 4.37. The molecule has 0 aliphatic carbocycles. The monoisotopic (exact) mass is 256 g/mol. The molecule has 1 aromatic heterocycles. The Morgan fingerprint density at radius 3 is 2.68 bits per heavy atom. The third-order valence-electron chi connectivity index (χ3n) is 3.05. The molecule has 0 fully saturated rings. The lowest BCUT2D eigenvalue weighted by Gasteiger charge is -2.08. The summed E-state index contributed by atoms with van der Waals surface area (Å²) in [6.07, 6.45) is 0. The van der Waals surface area contributed by atoms with Crippen LogP contribution in [0.25, 0.3) is 0 Å². The number of benzene rings is 1. The standard InChI is InChI=1S/C14H16N4O/c1-9-14(10(2)18(3)17-9)19-13-5-4-11(7-15)6-12(13)8-16/h4-6H,7,15H2,1-3H3. The van der Waals surface area contributed by atoms with E-state index in [4.69, 9.17) is 15.7 Å². The zero-order valence-electron chi connectivity index (χ0n) is 11.3. The van der Waals surface area contributed by atoms with E-state index in [0.29, 0.717) is 23.6 Å². The summed E-state index contributed by atoms with van der Waals surface area (Å²) in [4.78, 5) is 0. The van der Waals surface area contributed by atoms with Gasteiger partial charge in [0, 0.05) is 13.6 Å². The van der Waals surface area contributed by atoms with Crippen LogP contribution in [0, 0.1) is 25.2 Å². The molecular formula is C14H16N4O. The third kappa shape index (κ3) is 2.44. The molecule has 0 aliphatic heterocycles. The molecule has 0 saturated carbocycles. The topological polar surface area (TPSA) is 76.9 Å². The van der Waals surface area contributed by atoms with Gasteiger partial charge in [-0.1, -0.05) is 6.07 Å². The van der Waals surface area contributed by atoms with E-state index in [-0.39, 0.29) is 0 Å². The van der Waals surface area contributed by atoms with Gasteiger partial charge in [0.05, 0.1) is 11.3 Å². The van der Waals surface area contributed by atoms with Crippen LogP contribution in [0.2, 0.25) is 0 Å².